The molecule has 0 N–H and O–H groups in total. The predicted molar refractivity (Wildman–Crippen MR) is 103 cm³/mol. The average Bonchev–Trinajstić information content (AvgIpc) is 2.95. The lowest BCUT2D eigenvalue weighted by molar-refractivity contribution is 0.102. The fourth-order valence-electron chi connectivity index (χ4n) is 2.90. The van der Waals surface area contributed by atoms with Crippen LogP contribution in [0, 0.1) is 13.8 Å². The van der Waals surface area contributed by atoms with Crippen LogP contribution in [-0.2, 0) is 11.3 Å². The molecule has 0 bridgehead atoms. The summed E-state index contributed by atoms with van der Waals surface area (Å²) in [5.74, 6) is 0.507. The van der Waals surface area contributed by atoms with E-state index in [1.54, 1.807) is 7.11 Å². The molecule has 0 aliphatic heterocycles. The minimum Gasteiger partial charge on any atom is -0.383 e. The number of para-hydroxylation sites is 2. The number of methoxy groups -OCH3 is 1. The van der Waals surface area contributed by atoms with Gasteiger partial charge in [0.05, 0.1) is 23.4 Å². The molecular weight excluding hydrogens is 332 g/mol. The number of thioether (sulfide) groups is 1. The number of benzene rings is 2. The van der Waals surface area contributed by atoms with E-state index in [1.165, 1.54) is 17.3 Å². The van der Waals surface area contributed by atoms with Crippen molar-refractivity contribution in [2.45, 2.75) is 25.5 Å². The highest BCUT2D eigenvalue weighted by atomic mass is 32.2. The first-order valence-electron chi connectivity index (χ1n) is 8.27. The maximum atomic E-state index is 12.6. The Labute approximate surface area is 152 Å². The van der Waals surface area contributed by atoms with Crippen molar-refractivity contribution in [1.82, 2.24) is 9.55 Å². The molecule has 1 heterocycles. The van der Waals surface area contributed by atoms with Crippen LogP contribution >= 0.6 is 11.8 Å². The molecule has 0 saturated heterocycles. The van der Waals surface area contributed by atoms with E-state index in [0.717, 1.165) is 33.9 Å². The average molecular weight is 354 g/mol. The van der Waals surface area contributed by atoms with Crippen molar-refractivity contribution in [3.05, 3.63) is 59.2 Å². The molecule has 0 fully saturated rings. The summed E-state index contributed by atoms with van der Waals surface area (Å²) in [7, 11) is 1.69. The van der Waals surface area contributed by atoms with Gasteiger partial charge in [0, 0.05) is 19.2 Å². The smallest absolute Gasteiger partial charge is 0.173 e. The van der Waals surface area contributed by atoms with E-state index in [2.05, 4.69) is 9.55 Å². The summed E-state index contributed by atoms with van der Waals surface area (Å²) in [5, 5.41) is 0.858. The Kier molecular flexibility index (Phi) is 5.56. The SMILES string of the molecule is COCCn1c(SCC(=O)c2ccc(C)cc2C)nc2ccccc21. The van der Waals surface area contributed by atoms with Crippen molar-refractivity contribution in [2.75, 3.05) is 19.5 Å². The van der Waals surface area contributed by atoms with Crippen LogP contribution in [0.5, 0.6) is 0 Å². The number of fused-ring (bicyclic) bond motifs is 1. The lowest BCUT2D eigenvalue weighted by Gasteiger charge is -2.09. The van der Waals surface area contributed by atoms with Crippen LogP contribution in [-0.4, -0.2) is 34.8 Å². The lowest BCUT2D eigenvalue weighted by Crippen LogP contribution is -2.08. The molecule has 0 amide bonds. The number of Topliss-reactive ketones (excluding diaryl/α,β-unsaturated/α-hetero) is 1. The maximum Gasteiger partial charge on any atom is 0.173 e. The van der Waals surface area contributed by atoms with Crippen LogP contribution in [0.1, 0.15) is 21.5 Å². The summed E-state index contributed by atoms with van der Waals surface area (Å²) in [6.45, 7) is 5.35. The fourth-order valence-corrected chi connectivity index (χ4v) is 3.82. The molecule has 25 heavy (non-hydrogen) atoms. The number of imidazole rings is 1. The Bertz CT molecular complexity index is 902. The normalized spacial score (nSPS) is 11.2. The Morgan fingerprint density at radius 3 is 2.76 bits per heavy atom. The molecule has 2 aromatic carbocycles. The number of ether oxygens (including phenoxy) is 1. The number of hydrogen-bond donors (Lipinski definition) is 0. The van der Waals surface area contributed by atoms with Gasteiger partial charge in [-0.2, -0.15) is 0 Å². The van der Waals surface area contributed by atoms with Crippen LogP contribution in [0.2, 0.25) is 0 Å². The largest absolute Gasteiger partial charge is 0.383 e. The van der Waals surface area contributed by atoms with Crippen LogP contribution < -0.4 is 0 Å². The van der Waals surface area contributed by atoms with Crippen molar-refractivity contribution >= 4 is 28.6 Å². The van der Waals surface area contributed by atoms with Gasteiger partial charge in [0.1, 0.15) is 0 Å². The third-order valence-electron chi connectivity index (χ3n) is 4.15. The predicted octanol–water partition coefficient (Wildman–Crippen LogP) is 4.27. The van der Waals surface area contributed by atoms with Crippen LogP contribution in [0.15, 0.2) is 47.6 Å². The Morgan fingerprint density at radius 2 is 2.00 bits per heavy atom. The number of aryl methyl sites for hydroxylation is 2. The summed E-state index contributed by atoms with van der Waals surface area (Å²) in [6.07, 6.45) is 0. The first-order chi connectivity index (χ1) is 12.1. The lowest BCUT2D eigenvalue weighted by atomic mass is 10.0. The maximum absolute atomic E-state index is 12.6. The van der Waals surface area contributed by atoms with Gasteiger partial charge in [-0.1, -0.05) is 47.7 Å². The molecular formula is C20H22N2O2S. The van der Waals surface area contributed by atoms with Crippen molar-refractivity contribution in [3.8, 4) is 0 Å². The zero-order valence-corrected chi connectivity index (χ0v) is 15.6. The molecule has 0 unspecified atom stereocenters. The zero-order valence-electron chi connectivity index (χ0n) is 14.8. The Hall–Kier alpha value is -2.11. The zero-order chi connectivity index (χ0) is 17.8. The minimum absolute atomic E-state index is 0.132. The van der Waals surface area contributed by atoms with E-state index in [9.17, 15) is 4.79 Å². The second kappa shape index (κ2) is 7.85. The van der Waals surface area contributed by atoms with E-state index in [4.69, 9.17) is 4.74 Å². The topological polar surface area (TPSA) is 44.1 Å². The van der Waals surface area contributed by atoms with Gasteiger partial charge < -0.3 is 9.30 Å². The number of ketones is 1. The highest BCUT2D eigenvalue weighted by Gasteiger charge is 2.15. The van der Waals surface area contributed by atoms with Gasteiger partial charge in [0.15, 0.2) is 10.9 Å². The van der Waals surface area contributed by atoms with Crippen molar-refractivity contribution < 1.29 is 9.53 Å². The first kappa shape index (κ1) is 17.7. The molecule has 130 valence electrons. The highest BCUT2D eigenvalue weighted by Crippen LogP contribution is 2.25. The summed E-state index contributed by atoms with van der Waals surface area (Å²) in [4.78, 5) is 17.3. The molecule has 0 aliphatic carbocycles. The van der Waals surface area contributed by atoms with Crippen LogP contribution in [0.3, 0.4) is 0 Å². The summed E-state index contributed by atoms with van der Waals surface area (Å²) < 4.78 is 7.34. The number of carbonyl (C=O) groups is 1. The molecule has 3 aromatic rings. The quantitative estimate of drug-likeness (QED) is 0.469. The summed E-state index contributed by atoms with van der Waals surface area (Å²) in [6, 6.07) is 14.0. The molecule has 0 spiro atoms. The van der Waals surface area contributed by atoms with E-state index in [0.29, 0.717) is 12.4 Å². The fraction of sp³-hybridized carbons (Fsp3) is 0.300. The monoisotopic (exact) mass is 354 g/mol. The van der Waals surface area contributed by atoms with Crippen molar-refractivity contribution in [3.63, 3.8) is 0 Å². The third-order valence-corrected chi connectivity index (χ3v) is 5.13. The molecule has 0 atom stereocenters. The second-order valence-electron chi connectivity index (χ2n) is 6.06. The summed E-state index contributed by atoms with van der Waals surface area (Å²) >= 11 is 1.49. The number of rotatable bonds is 7. The van der Waals surface area contributed by atoms with E-state index >= 15 is 0 Å². The van der Waals surface area contributed by atoms with E-state index < -0.39 is 0 Å². The van der Waals surface area contributed by atoms with E-state index in [-0.39, 0.29) is 5.78 Å². The van der Waals surface area contributed by atoms with Crippen molar-refractivity contribution in [1.29, 1.82) is 0 Å². The third kappa shape index (κ3) is 3.94. The number of aromatic nitrogens is 2. The molecule has 3 rings (SSSR count). The number of nitrogens with zero attached hydrogens (tertiary/aromatic N) is 2. The number of carbonyl (C=O) groups excluding carboxylic acids is 1. The van der Waals surface area contributed by atoms with Gasteiger partial charge in [-0.3, -0.25) is 4.79 Å². The van der Waals surface area contributed by atoms with Gasteiger partial charge in [-0.25, -0.2) is 4.98 Å². The van der Waals surface area contributed by atoms with Crippen LogP contribution in [0.4, 0.5) is 0 Å². The Morgan fingerprint density at radius 1 is 1.20 bits per heavy atom. The molecule has 4 nitrogen and oxygen atoms in total. The van der Waals surface area contributed by atoms with Gasteiger partial charge in [-0.05, 0) is 31.5 Å². The van der Waals surface area contributed by atoms with E-state index in [1.807, 2.05) is 56.3 Å². The Balaban J connectivity index is 1.81. The molecule has 0 aliphatic rings. The standard InChI is InChI=1S/C20H22N2O2S/c1-14-8-9-16(15(2)12-14)19(23)13-25-20-21-17-6-4-5-7-18(17)22(20)10-11-24-3/h4-9,12H,10-11,13H2,1-3H3. The molecule has 1 aromatic heterocycles. The van der Waals surface area contributed by atoms with Crippen molar-refractivity contribution in [2.24, 2.45) is 0 Å². The van der Waals surface area contributed by atoms with Crippen LogP contribution in [0.25, 0.3) is 11.0 Å². The van der Waals surface area contributed by atoms with Gasteiger partial charge in [-0.15, -0.1) is 0 Å². The summed E-state index contributed by atoms with van der Waals surface area (Å²) in [5.41, 5.74) is 5.00. The minimum atomic E-state index is 0.132. The molecule has 0 saturated carbocycles. The second-order valence-corrected chi connectivity index (χ2v) is 7.00. The van der Waals surface area contributed by atoms with Gasteiger partial charge >= 0.3 is 0 Å². The molecule has 5 heteroatoms. The van der Waals surface area contributed by atoms with Gasteiger partial charge in [0.2, 0.25) is 0 Å². The highest BCUT2D eigenvalue weighted by molar-refractivity contribution is 7.99. The number of hydrogen-bond acceptors (Lipinski definition) is 4. The first-order valence-corrected chi connectivity index (χ1v) is 9.26. The van der Waals surface area contributed by atoms with Gasteiger partial charge in [0.25, 0.3) is 0 Å². The molecule has 0 radical (unpaired) electrons.